The van der Waals surface area contributed by atoms with Gasteiger partial charge in [0.05, 0.1) is 7.11 Å². The van der Waals surface area contributed by atoms with Crippen LogP contribution in [0.4, 0.5) is 0 Å². The van der Waals surface area contributed by atoms with Gasteiger partial charge in [0, 0.05) is 0 Å². The van der Waals surface area contributed by atoms with Crippen LogP contribution in [0.15, 0.2) is 10.4 Å². The minimum atomic E-state index is -4.64. The van der Waals surface area contributed by atoms with Gasteiger partial charge in [0.15, 0.2) is 4.49 Å². The lowest BCUT2D eigenvalue weighted by Gasteiger charge is -2.08. The summed E-state index contributed by atoms with van der Waals surface area (Å²) in [7, 11) is -3.54. The molecule has 66 valence electrons. The van der Waals surface area contributed by atoms with Crippen LogP contribution in [0.3, 0.4) is 0 Å². The highest BCUT2D eigenvalue weighted by Crippen LogP contribution is 2.40. The highest BCUT2D eigenvalue weighted by Gasteiger charge is 2.20. The zero-order valence-corrected chi connectivity index (χ0v) is 7.73. The molecule has 0 bridgehead atoms. The molecule has 0 rings (SSSR count). The summed E-state index contributed by atoms with van der Waals surface area (Å²) in [5.74, 6) is -0.610. The van der Waals surface area contributed by atoms with Crippen LogP contribution in [-0.2, 0) is 13.8 Å². The van der Waals surface area contributed by atoms with E-state index in [1.807, 2.05) is 0 Å². The van der Waals surface area contributed by atoms with Crippen molar-refractivity contribution < 1.29 is 23.6 Å². The molecular formula is C3H5Cl2O5P. The molecule has 0 unspecified atom stereocenters. The third kappa shape index (κ3) is 5.35. The number of phosphoric ester groups is 1. The Bertz CT molecular complexity index is 204. The van der Waals surface area contributed by atoms with Crippen LogP contribution >= 0.6 is 31.0 Å². The van der Waals surface area contributed by atoms with Crippen LogP contribution in [0.1, 0.15) is 0 Å². The number of rotatable bonds is 3. The summed E-state index contributed by atoms with van der Waals surface area (Å²) in [5, 5.41) is 0. The van der Waals surface area contributed by atoms with E-state index < -0.39 is 18.3 Å². The van der Waals surface area contributed by atoms with Gasteiger partial charge >= 0.3 is 13.8 Å². The Balaban J connectivity index is 4.36. The summed E-state index contributed by atoms with van der Waals surface area (Å²) in [6.07, 6.45) is 0. The lowest BCUT2D eigenvalue weighted by Crippen LogP contribution is -1.93. The minimum Gasteiger partial charge on any atom is -0.467 e. The average Bonchev–Trinajstić information content (AvgIpc) is 1.80. The van der Waals surface area contributed by atoms with E-state index in [0.717, 1.165) is 7.11 Å². The number of hydrogen-bond donors (Lipinski definition) is 2. The predicted molar refractivity (Wildman–Crippen MR) is 38.9 cm³/mol. The molecule has 0 spiro atoms. The number of ether oxygens (including phenoxy) is 1. The standard InChI is InChI=1S/C3H5Cl2O5P/c1-9-3(2(4)5)10-11(6,7)8/h1H3,(H2,6,7,8). The number of methoxy groups -OCH3 is 1. The molecule has 0 saturated heterocycles. The maximum atomic E-state index is 10.1. The van der Waals surface area contributed by atoms with E-state index in [0.29, 0.717) is 0 Å². The first-order valence-corrected chi connectivity index (χ1v) is 4.50. The lowest BCUT2D eigenvalue weighted by molar-refractivity contribution is 0.117. The molecule has 0 aliphatic carbocycles. The zero-order valence-electron chi connectivity index (χ0n) is 5.32. The van der Waals surface area contributed by atoms with Crippen LogP contribution in [0, 0.1) is 0 Å². The van der Waals surface area contributed by atoms with Crippen LogP contribution in [-0.4, -0.2) is 16.9 Å². The maximum absolute atomic E-state index is 10.1. The SMILES string of the molecule is COC(OP(=O)(O)O)=C(Cl)Cl. The van der Waals surface area contributed by atoms with Gasteiger partial charge in [-0.15, -0.1) is 0 Å². The smallest absolute Gasteiger partial charge is 0.467 e. The van der Waals surface area contributed by atoms with Crippen molar-refractivity contribution >= 4 is 31.0 Å². The molecule has 0 aromatic heterocycles. The first-order chi connectivity index (χ1) is 4.87. The van der Waals surface area contributed by atoms with E-state index in [2.05, 4.69) is 9.26 Å². The van der Waals surface area contributed by atoms with Gasteiger partial charge in [-0.25, -0.2) is 4.57 Å². The van der Waals surface area contributed by atoms with E-state index >= 15 is 0 Å². The van der Waals surface area contributed by atoms with Crippen molar-refractivity contribution in [1.82, 2.24) is 0 Å². The first-order valence-electron chi connectivity index (χ1n) is 2.21. The summed E-state index contributed by atoms with van der Waals surface area (Å²) < 4.78 is 17.9. The van der Waals surface area contributed by atoms with Crippen molar-refractivity contribution in [3.05, 3.63) is 10.4 Å². The molecule has 0 aromatic carbocycles. The number of halogens is 2. The molecule has 2 N–H and O–H groups in total. The molecule has 0 aliphatic rings. The average molecular weight is 223 g/mol. The van der Waals surface area contributed by atoms with Crippen molar-refractivity contribution in [2.75, 3.05) is 7.11 Å². The Morgan fingerprint density at radius 1 is 1.45 bits per heavy atom. The van der Waals surface area contributed by atoms with Gasteiger partial charge in [0.1, 0.15) is 0 Å². The van der Waals surface area contributed by atoms with E-state index in [1.54, 1.807) is 0 Å². The fraction of sp³-hybridized carbons (Fsp3) is 0.333. The molecule has 5 nitrogen and oxygen atoms in total. The van der Waals surface area contributed by atoms with Crippen molar-refractivity contribution in [2.24, 2.45) is 0 Å². The molecule has 0 saturated carbocycles. The van der Waals surface area contributed by atoms with E-state index in [-0.39, 0.29) is 0 Å². The highest BCUT2D eigenvalue weighted by molar-refractivity contribution is 7.46. The molecule has 8 heteroatoms. The Kier molecular flexibility index (Phi) is 4.21. The van der Waals surface area contributed by atoms with Gasteiger partial charge < -0.3 is 9.26 Å². The second kappa shape index (κ2) is 4.18. The van der Waals surface area contributed by atoms with Gasteiger partial charge in [0.2, 0.25) is 0 Å². The monoisotopic (exact) mass is 222 g/mol. The highest BCUT2D eigenvalue weighted by atomic mass is 35.5. The molecule has 0 amide bonds. The van der Waals surface area contributed by atoms with Gasteiger partial charge in [-0.05, 0) is 0 Å². The Morgan fingerprint density at radius 3 is 2.00 bits per heavy atom. The van der Waals surface area contributed by atoms with Gasteiger partial charge in [-0.2, -0.15) is 0 Å². The second-order valence-corrected chi connectivity index (χ2v) is 3.45. The molecule has 0 radical (unpaired) electrons. The molecule has 0 fully saturated rings. The molecule has 11 heavy (non-hydrogen) atoms. The topological polar surface area (TPSA) is 76.0 Å². The number of hydrogen-bond acceptors (Lipinski definition) is 3. The van der Waals surface area contributed by atoms with E-state index in [4.69, 9.17) is 33.0 Å². The molecule has 0 aromatic rings. The number of phosphoric acid groups is 1. The second-order valence-electron chi connectivity index (χ2n) is 1.33. The lowest BCUT2D eigenvalue weighted by atomic mass is 11.0. The molecule has 0 aliphatic heterocycles. The molecule has 0 atom stereocenters. The fourth-order valence-corrected chi connectivity index (χ4v) is 0.978. The Labute approximate surface area is 72.8 Å². The van der Waals surface area contributed by atoms with E-state index in [9.17, 15) is 4.57 Å². The van der Waals surface area contributed by atoms with Crippen molar-refractivity contribution in [3.8, 4) is 0 Å². The largest absolute Gasteiger partial charge is 0.527 e. The fourth-order valence-electron chi connectivity index (χ4n) is 0.257. The van der Waals surface area contributed by atoms with Crippen LogP contribution < -0.4 is 0 Å². The molecule has 0 heterocycles. The predicted octanol–water partition coefficient (Wildman–Crippen LogP) is 1.35. The zero-order chi connectivity index (χ0) is 9.07. The van der Waals surface area contributed by atoms with Gasteiger partial charge in [-0.3, -0.25) is 9.79 Å². The third-order valence-corrected chi connectivity index (χ3v) is 1.25. The molecular weight excluding hydrogens is 218 g/mol. The summed E-state index contributed by atoms with van der Waals surface area (Å²) >= 11 is 10.2. The summed E-state index contributed by atoms with van der Waals surface area (Å²) in [6.45, 7) is 0. The summed E-state index contributed by atoms with van der Waals surface area (Å²) in [5.41, 5.74) is 0. The van der Waals surface area contributed by atoms with Crippen molar-refractivity contribution in [3.63, 3.8) is 0 Å². The quantitative estimate of drug-likeness (QED) is 0.557. The minimum absolute atomic E-state index is 0.490. The van der Waals surface area contributed by atoms with Crippen molar-refractivity contribution in [1.29, 1.82) is 0 Å². The van der Waals surface area contributed by atoms with Gasteiger partial charge in [-0.1, -0.05) is 23.2 Å². The maximum Gasteiger partial charge on any atom is 0.527 e. The van der Waals surface area contributed by atoms with Gasteiger partial charge in [0.25, 0.3) is 0 Å². The first kappa shape index (κ1) is 11.1. The van der Waals surface area contributed by atoms with Crippen LogP contribution in [0.25, 0.3) is 0 Å². The van der Waals surface area contributed by atoms with Crippen LogP contribution in [0.2, 0.25) is 0 Å². The third-order valence-electron chi connectivity index (χ3n) is 0.542. The summed E-state index contributed by atoms with van der Waals surface area (Å²) in [4.78, 5) is 16.5. The Hall–Kier alpha value is 0.0700. The summed E-state index contributed by atoms with van der Waals surface area (Å²) in [6, 6.07) is 0. The van der Waals surface area contributed by atoms with Crippen LogP contribution in [0.5, 0.6) is 0 Å². The van der Waals surface area contributed by atoms with E-state index in [1.165, 1.54) is 0 Å². The van der Waals surface area contributed by atoms with Crippen molar-refractivity contribution in [2.45, 2.75) is 0 Å². The normalized spacial score (nSPS) is 10.6. The Morgan fingerprint density at radius 2 is 1.91 bits per heavy atom.